The van der Waals surface area contributed by atoms with Gasteiger partial charge in [0.1, 0.15) is 11.5 Å². The summed E-state index contributed by atoms with van der Waals surface area (Å²) in [6.07, 6.45) is 1.89. The third kappa shape index (κ3) is 6.38. The molecular weight excluding hydrogens is 574 g/mol. The zero-order chi connectivity index (χ0) is 33.4. The van der Waals surface area contributed by atoms with Crippen LogP contribution < -0.4 is 4.74 Å². The van der Waals surface area contributed by atoms with E-state index >= 15 is 0 Å². The van der Waals surface area contributed by atoms with Crippen LogP contribution in [0.3, 0.4) is 0 Å². The van der Waals surface area contributed by atoms with Crippen molar-refractivity contribution in [2.45, 2.75) is 71.6 Å². The summed E-state index contributed by atoms with van der Waals surface area (Å²) in [5.41, 5.74) is 9.32. The van der Waals surface area contributed by atoms with Crippen LogP contribution in [0.1, 0.15) is 86.4 Å². The fourth-order valence-electron chi connectivity index (χ4n) is 6.47. The van der Waals surface area contributed by atoms with Gasteiger partial charge < -0.3 is 4.74 Å². The van der Waals surface area contributed by atoms with Crippen molar-refractivity contribution in [2.75, 3.05) is 0 Å². The van der Waals surface area contributed by atoms with Gasteiger partial charge in [0.05, 0.1) is 22.5 Å². The second kappa shape index (κ2) is 12.3. The van der Waals surface area contributed by atoms with Gasteiger partial charge >= 0.3 is 0 Å². The maximum absolute atomic E-state index is 6.60. The van der Waals surface area contributed by atoms with Gasteiger partial charge in [-0.1, -0.05) is 114 Å². The molecule has 6 rings (SSSR count). The van der Waals surface area contributed by atoms with Gasteiger partial charge in [-0.2, -0.15) is 5.10 Å². The van der Waals surface area contributed by atoms with Crippen LogP contribution in [0.2, 0.25) is 0 Å². The minimum Gasteiger partial charge on any atom is -0.457 e. The highest BCUT2D eigenvalue weighted by Crippen LogP contribution is 2.46. The fourth-order valence-corrected chi connectivity index (χ4v) is 6.47. The third-order valence-corrected chi connectivity index (χ3v) is 8.99. The Bertz CT molecular complexity index is 1920. The average molecular weight is 620 g/mol. The van der Waals surface area contributed by atoms with Crippen LogP contribution in [0.25, 0.3) is 5.69 Å². The van der Waals surface area contributed by atoms with Crippen molar-refractivity contribution < 1.29 is 4.74 Å². The predicted octanol–water partition coefficient (Wildman–Crippen LogP) is 10.7. The molecule has 0 amide bonds. The number of aromatic nitrogens is 3. The number of ether oxygens (including phenoxy) is 1. The van der Waals surface area contributed by atoms with Crippen LogP contribution in [-0.4, -0.2) is 14.8 Å². The molecule has 0 atom stereocenters. The topological polar surface area (TPSA) is 39.9 Å². The number of nitrogens with zero attached hydrogens (tertiary/aromatic N) is 3. The van der Waals surface area contributed by atoms with Crippen molar-refractivity contribution in [3.63, 3.8) is 0 Å². The molecule has 0 saturated carbocycles. The molecule has 0 saturated heterocycles. The lowest BCUT2D eigenvalue weighted by molar-refractivity contribution is 0.480. The highest BCUT2D eigenvalue weighted by molar-refractivity contribution is 5.60. The van der Waals surface area contributed by atoms with E-state index in [0.29, 0.717) is 0 Å². The van der Waals surface area contributed by atoms with Crippen LogP contribution in [0.5, 0.6) is 11.5 Å². The molecule has 0 aliphatic heterocycles. The maximum atomic E-state index is 6.60. The molecule has 0 N–H and O–H groups in total. The van der Waals surface area contributed by atoms with Crippen molar-refractivity contribution in [1.29, 1.82) is 0 Å². The summed E-state index contributed by atoms with van der Waals surface area (Å²) in [7, 11) is 0. The van der Waals surface area contributed by atoms with Gasteiger partial charge in [-0.05, 0) is 95.0 Å². The summed E-state index contributed by atoms with van der Waals surface area (Å²) in [4.78, 5) is 5.04. The lowest BCUT2D eigenvalue weighted by Gasteiger charge is -2.36. The largest absolute Gasteiger partial charge is 0.457 e. The van der Waals surface area contributed by atoms with E-state index in [2.05, 4.69) is 145 Å². The predicted molar refractivity (Wildman–Crippen MR) is 193 cm³/mol. The van der Waals surface area contributed by atoms with Crippen LogP contribution in [0, 0.1) is 13.8 Å². The molecule has 0 unspecified atom stereocenters. The Morgan fingerprint density at radius 3 is 1.60 bits per heavy atom. The molecule has 2 heterocycles. The smallest absolute Gasteiger partial charge is 0.129 e. The second-order valence-corrected chi connectivity index (χ2v) is 14.6. The van der Waals surface area contributed by atoms with Crippen LogP contribution >= 0.6 is 0 Å². The van der Waals surface area contributed by atoms with E-state index in [4.69, 9.17) is 9.72 Å². The lowest BCUT2D eigenvalue weighted by atomic mass is 9.66. The Hall–Kier alpha value is -4.96. The second-order valence-electron chi connectivity index (χ2n) is 14.6. The van der Waals surface area contributed by atoms with Crippen molar-refractivity contribution in [1.82, 2.24) is 14.8 Å². The molecule has 0 spiro atoms. The van der Waals surface area contributed by atoms with E-state index in [1.807, 2.05) is 48.1 Å². The monoisotopic (exact) mass is 619 g/mol. The molecular formula is C43H45N3O. The number of hydrogen-bond donors (Lipinski definition) is 0. The first kappa shape index (κ1) is 32.0. The van der Waals surface area contributed by atoms with Crippen LogP contribution in [0.15, 0.2) is 128 Å². The van der Waals surface area contributed by atoms with E-state index in [0.717, 1.165) is 51.0 Å². The Balaban J connectivity index is 1.53. The summed E-state index contributed by atoms with van der Waals surface area (Å²) in [6, 6.07) is 43.0. The fraction of sp³-hybridized carbons (Fsp3) is 0.256. The summed E-state index contributed by atoms with van der Waals surface area (Å²) in [6.45, 7) is 17.6. The average Bonchev–Trinajstić information content (AvgIpc) is 3.39. The first-order valence-corrected chi connectivity index (χ1v) is 16.4. The Morgan fingerprint density at radius 1 is 0.532 bits per heavy atom. The number of hydrogen-bond acceptors (Lipinski definition) is 3. The van der Waals surface area contributed by atoms with Crippen molar-refractivity contribution in [3.05, 3.63) is 172 Å². The molecule has 0 aliphatic carbocycles. The number of rotatable bonds is 7. The molecule has 0 bridgehead atoms. The van der Waals surface area contributed by atoms with Crippen molar-refractivity contribution >= 4 is 0 Å². The van der Waals surface area contributed by atoms with Gasteiger partial charge in [0, 0.05) is 18.0 Å². The van der Waals surface area contributed by atoms with E-state index in [9.17, 15) is 0 Å². The summed E-state index contributed by atoms with van der Waals surface area (Å²) in [5, 5.41) is 4.67. The summed E-state index contributed by atoms with van der Waals surface area (Å²) < 4.78 is 8.55. The highest BCUT2D eigenvalue weighted by atomic mass is 16.5. The SMILES string of the molecule is Cc1cc(C)n(-c2cccc(Oc3cccc(C(c4ccc(C(C)(C)C)cc4)(c4ccc(C(C)(C)C)cc4)c4ccccn4)c3)c2)n1. The maximum Gasteiger partial charge on any atom is 0.129 e. The molecule has 4 nitrogen and oxygen atoms in total. The van der Waals surface area contributed by atoms with Gasteiger partial charge in [-0.15, -0.1) is 0 Å². The Morgan fingerprint density at radius 2 is 1.09 bits per heavy atom. The standard InChI is InChI=1S/C43H45N3O/c1-30-27-31(2)46(45-30)37-14-12-16-39(29-37)47-38-15-11-13-36(28-38)43(40-17-9-10-26-44-40,34-22-18-32(19-23-34)41(3,4)5)35-24-20-33(21-25-35)42(6,7)8/h9-29H,1-8H3. The molecule has 0 fully saturated rings. The summed E-state index contributed by atoms with van der Waals surface area (Å²) >= 11 is 0. The van der Waals surface area contributed by atoms with E-state index < -0.39 is 5.41 Å². The lowest BCUT2D eigenvalue weighted by Crippen LogP contribution is -2.32. The normalized spacial score (nSPS) is 12.3. The highest BCUT2D eigenvalue weighted by Gasteiger charge is 2.40. The number of pyridine rings is 1. The Labute approximate surface area is 280 Å². The first-order valence-electron chi connectivity index (χ1n) is 16.4. The molecule has 4 heteroatoms. The van der Waals surface area contributed by atoms with E-state index in [-0.39, 0.29) is 10.8 Å². The van der Waals surface area contributed by atoms with Gasteiger partial charge in [-0.3, -0.25) is 4.98 Å². The van der Waals surface area contributed by atoms with Crippen LogP contribution in [-0.2, 0) is 16.2 Å². The minimum atomic E-state index is -0.695. The number of aryl methyl sites for hydroxylation is 2. The quantitative estimate of drug-likeness (QED) is 0.167. The van der Waals surface area contributed by atoms with Crippen molar-refractivity contribution in [3.8, 4) is 17.2 Å². The summed E-state index contributed by atoms with van der Waals surface area (Å²) in [5.74, 6) is 1.51. The first-order chi connectivity index (χ1) is 22.4. The zero-order valence-electron chi connectivity index (χ0n) is 28.9. The van der Waals surface area contributed by atoms with Crippen LogP contribution in [0.4, 0.5) is 0 Å². The molecule has 238 valence electrons. The van der Waals surface area contributed by atoms with Gasteiger partial charge in [0.15, 0.2) is 0 Å². The molecule has 0 radical (unpaired) electrons. The molecule has 0 aliphatic rings. The van der Waals surface area contributed by atoms with Gasteiger partial charge in [-0.25, -0.2) is 4.68 Å². The molecule has 6 aromatic rings. The van der Waals surface area contributed by atoms with Gasteiger partial charge in [0.25, 0.3) is 0 Å². The molecule has 47 heavy (non-hydrogen) atoms. The number of benzene rings is 4. The van der Waals surface area contributed by atoms with Crippen molar-refractivity contribution in [2.24, 2.45) is 0 Å². The Kier molecular flexibility index (Phi) is 8.40. The van der Waals surface area contributed by atoms with Gasteiger partial charge in [0.2, 0.25) is 0 Å². The molecule has 4 aromatic carbocycles. The minimum absolute atomic E-state index is 0.0379. The zero-order valence-corrected chi connectivity index (χ0v) is 28.9. The van der Waals surface area contributed by atoms with E-state index in [1.165, 1.54) is 11.1 Å². The third-order valence-electron chi connectivity index (χ3n) is 8.99. The molecule has 2 aromatic heterocycles. The van der Waals surface area contributed by atoms with E-state index in [1.54, 1.807) is 0 Å².